The molecule has 0 radical (unpaired) electrons. The molecule has 1 aromatic heterocycles. The Morgan fingerprint density at radius 3 is 2.38 bits per heavy atom. The highest BCUT2D eigenvalue weighted by Crippen LogP contribution is 2.40. The van der Waals surface area contributed by atoms with E-state index in [1.165, 1.54) is 37.8 Å². The minimum atomic E-state index is 0.430. The summed E-state index contributed by atoms with van der Waals surface area (Å²) >= 11 is 3.69. The highest BCUT2D eigenvalue weighted by Gasteiger charge is 2.31. The van der Waals surface area contributed by atoms with Crippen molar-refractivity contribution in [1.82, 2.24) is 15.1 Å². The summed E-state index contributed by atoms with van der Waals surface area (Å²) in [6, 6.07) is 0.430. The minimum absolute atomic E-state index is 0.430. The maximum absolute atomic E-state index is 4.41. The predicted octanol–water partition coefficient (Wildman–Crippen LogP) is 4.69. The Morgan fingerprint density at radius 1 is 1.29 bits per heavy atom. The van der Waals surface area contributed by atoms with Gasteiger partial charge in [-0.05, 0) is 72.3 Å². The summed E-state index contributed by atoms with van der Waals surface area (Å²) in [5.41, 5.74) is 1.32. The Labute approximate surface area is 138 Å². The third-order valence-corrected chi connectivity index (χ3v) is 5.69. The van der Waals surface area contributed by atoms with Gasteiger partial charge in [0.25, 0.3) is 0 Å². The monoisotopic (exact) mass is 355 g/mol. The van der Waals surface area contributed by atoms with Crippen LogP contribution in [0.5, 0.6) is 0 Å². The Morgan fingerprint density at radius 2 is 1.90 bits per heavy atom. The van der Waals surface area contributed by atoms with Gasteiger partial charge in [0.05, 0.1) is 22.4 Å². The zero-order valence-electron chi connectivity index (χ0n) is 13.9. The molecule has 1 fully saturated rings. The lowest BCUT2D eigenvalue weighted by molar-refractivity contribution is 0.185. The summed E-state index contributed by atoms with van der Waals surface area (Å²) in [5, 5.41) is 8.19. The van der Waals surface area contributed by atoms with Crippen LogP contribution >= 0.6 is 15.9 Å². The largest absolute Gasteiger partial charge is 0.308 e. The topological polar surface area (TPSA) is 29.9 Å². The smallest absolute Gasteiger partial charge is 0.0695 e. The van der Waals surface area contributed by atoms with Gasteiger partial charge in [0.15, 0.2) is 0 Å². The Bertz CT molecular complexity index is 414. The molecule has 3 nitrogen and oxygen atoms in total. The molecule has 21 heavy (non-hydrogen) atoms. The standard InChI is InChI=1S/C17H30BrN3/c1-5-10-19-16(17-15(18)11-20-21(17)4)14-8-6-13(7-9-14)12(2)3/h11-14,16,19H,5-10H2,1-4H3. The maximum atomic E-state index is 4.41. The van der Waals surface area contributed by atoms with Gasteiger partial charge in [-0.15, -0.1) is 0 Å². The fraction of sp³-hybridized carbons (Fsp3) is 0.824. The zero-order chi connectivity index (χ0) is 15.4. The van der Waals surface area contributed by atoms with Gasteiger partial charge < -0.3 is 5.32 Å². The first-order valence-electron chi connectivity index (χ1n) is 8.45. The van der Waals surface area contributed by atoms with E-state index in [2.05, 4.69) is 54.2 Å². The van der Waals surface area contributed by atoms with E-state index in [4.69, 9.17) is 0 Å². The van der Waals surface area contributed by atoms with Gasteiger partial charge in [-0.2, -0.15) is 5.10 Å². The molecular formula is C17H30BrN3. The van der Waals surface area contributed by atoms with Crippen LogP contribution in [-0.2, 0) is 7.05 Å². The van der Waals surface area contributed by atoms with Crippen LogP contribution in [-0.4, -0.2) is 16.3 Å². The lowest BCUT2D eigenvalue weighted by atomic mass is 9.74. The van der Waals surface area contributed by atoms with E-state index in [-0.39, 0.29) is 0 Å². The molecule has 1 saturated carbocycles. The van der Waals surface area contributed by atoms with Crippen LogP contribution in [0, 0.1) is 17.8 Å². The summed E-state index contributed by atoms with van der Waals surface area (Å²) in [6.07, 6.45) is 8.52. The normalized spacial score (nSPS) is 24.5. The van der Waals surface area contributed by atoms with E-state index in [1.54, 1.807) is 0 Å². The van der Waals surface area contributed by atoms with Crippen molar-refractivity contribution >= 4 is 15.9 Å². The molecule has 0 spiro atoms. The number of hydrogen-bond acceptors (Lipinski definition) is 2. The summed E-state index contributed by atoms with van der Waals surface area (Å²) in [4.78, 5) is 0. The molecule has 0 amide bonds. The van der Waals surface area contributed by atoms with Crippen LogP contribution in [0.2, 0.25) is 0 Å². The molecule has 1 heterocycles. The molecule has 1 aliphatic carbocycles. The van der Waals surface area contributed by atoms with Crippen molar-refractivity contribution in [3.63, 3.8) is 0 Å². The lowest BCUT2D eigenvalue weighted by Crippen LogP contribution is -2.33. The average Bonchev–Trinajstić information content (AvgIpc) is 2.80. The molecule has 1 unspecified atom stereocenters. The molecule has 4 heteroatoms. The SMILES string of the molecule is CCCNC(c1c(Br)cnn1C)C1CCC(C(C)C)CC1. The number of hydrogen-bond donors (Lipinski definition) is 1. The molecule has 0 aromatic carbocycles. The quantitative estimate of drug-likeness (QED) is 0.802. The second-order valence-electron chi connectivity index (χ2n) is 6.85. The fourth-order valence-electron chi connectivity index (χ4n) is 3.70. The number of aromatic nitrogens is 2. The molecule has 1 aromatic rings. The molecule has 1 N–H and O–H groups in total. The molecule has 2 rings (SSSR count). The average molecular weight is 356 g/mol. The molecule has 1 aliphatic rings. The van der Waals surface area contributed by atoms with Crippen LogP contribution in [0.3, 0.4) is 0 Å². The first-order valence-corrected chi connectivity index (χ1v) is 9.24. The van der Waals surface area contributed by atoms with E-state index >= 15 is 0 Å². The van der Waals surface area contributed by atoms with Gasteiger partial charge in [-0.1, -0.05) is 20.8 Å². The van der Waals surface area contributed by atoms with E-state index < -0.39 is 0 Å². The van der Waals surface area contributed by atoms with E-state index in [1.807, 2.05) is 10.9 Å². The van der Waals surface area contributed by atoms with Gasteiger partial charge >= 0.3 is 0 Å². The molecule has 0 aliphatic heterocycles. The summed E-state index contributed by atoms with van der Waals surface area (Å²) in [6.45, 7) is 8.05. The summed E-state index contributed by atoms with van der Waals surface area (Å²) in [7, 11) is 2.06. The maximum Gasteiger partial charge on any atom is 0.0695 e. The first-order chi connectivity index (χ1) is 10.0. The van der Waals surface area contributed by atoms with Crippen molar-refractivity contribution in [2.45, 2.75) is 58.9 Å². The van der Waals surface area contributed by atoms with E-state index in [0.29, 0.717) is 6.04 Å². The van der Waals surface area contributed by atoms with Gasteiger partial charge in [0.1, 0.15) is 0 Å². The van der Waals surface area contributed by atoms with Gasteiger partial charge in [0.2, 0.25) is 0 Å². The van der Waals surface area contributed by atoms with Crippen LogP contribution in [0.4, 0.5) is 0 Å². The van der Waals surface area contributed by atoms with E-state index in [9.17, 15) is 0 Å². The minimum Gasteiger partial charge on any atom is -0.308 e. The van der Waals surface area contributed by atoms with Gasteiger partial charge in [-0.25, -0.2) is 0 Å². The number of nitrogens with one attached hydrogen (secondary N) is 1. The second kappa shape index (κ2) is 7.77. The Balaban J connectivity index is 2.11. The highest BCUT2D eigenvalue weighted by molar-refractivity contribution is 9.10. The lowest BCUT2D eigenvalue weighted by Gasteiger charge is -2.36. The number of nitrogens with zero attached hydrogens (tertiary/aromatic N) is 2. The van der Waals surface area contributed by atoms with E-state index in [0.717, 1.165) is 28.8 Å². The summed E-state index contributed by atoms with van der Waals surface area (Å²) < 4.78 is 3.18. The van der Waals surface area contributed by atoms with Crippen LogP contribution in [0.25, 0.3) is 0 Å². The number of halogens is 1. The van der Waals surface area contributed by atoms with Crippen molar-refractivity contribution in [1.29, 1.82) is 0 Å². The number of aryl methyl sites for hydroxylation is 1. The van der Waals surface area contributed by atoms with Crippen molar-refractivity contribution in [2.75, 3.05) is 6.54 Å². The van der Waals surface area contributed by atoms with Crippen LogP contribution in [0.15, 0.2) is 10.7 Å². The van der Waals surface area contributed by atoms with Crippen molar-refractivity contribution in [3.8, 4) is 0 Å². The van der Waals surface area contributed by atoms with Crippen molar-refractivity contribution in [3.05, 3.63) is 16.4 Å². The van der Waals surface area contributed by atoms with Gasteiger partial charge in [0, 0.05) is 7.05 Å². The third kappa shape index (κ3) is 4.10. The zero-order valence-corrected chi connectivity index (χ0v) is 15.5. The molecule has 120 valence electrons. The van der Waals surface area contributed by atoms with Crippen LogP contribution < -0.4 is 5.32 Å². The van der Waals surface area contributed by atoms with Crippen molar-refractivity contribution < 1.29 is 0 Å². The molecule has 0 bridgehead atoms. The molecular weight excluding hydrogens is 326 g/mol. The Hall–Kier alpha value is -0.350. The highest BCUT2D eigenvalue weighted by atomic mass is 79.9. The molecule has 0 saturated heterocycles. The predicted molar refractivity (Wildman–Crippen MR) is 92.2 cm³/mol. The summed E-state index contributed by atoms with van der Waals surface area (Å²) in [5.74, 6) is 2.48. The van der Waals surface area contributed by atoms with Crippen LogP contribution in [0.1, 0.15) is 64.6 Å². The second-order valence-corrected chi connectivity index (χ2v) is 7.71. The fourth-order valence-corrected chi connectivity index (χ4v) is 4.30. The number of rotatable bonds is 6. The third-order valence-electron chi connectivity index (χ3n) is 5.08. The van der Waals surface area contributed by atoms with Crippen molar-refractivity contribution in [2.24, 2.45) is 24.8 Å². The first kappa shape index (κ1) is 17.0. The van der Waals surface area contributed by atoms with Gasteiger partial charge in [-0.3, -0.25) is 4.68 Å². The molecule has 1 atom stereocenters. The Kier molecular flexibility index (Phi) is 6.30.